The first-order valence-electron chi connectivity index (χ1n) is 10.4. The third kappa shape index (κ3) is 6.48. The lowest BCUT2D eigenvalue weighted by Gasteiger charge is -2.08. The molecule has 0 aliphatic rings. The van der Waals surface area contributed by atoms with Gasteiger partial charge in [0.15, 0.2) is 19.7 Å². The van der Waals surface area contributed by atoms with Crippen molar-refractivity contribution in [2.24, 2.45) is 0 Å². The summed E-state index contributed by atoms with van der Waals surface area (Å²) in [5.74, 6) is -1.08. The van der Waals surface area contributed by atoms with Gasteiger partial charge in [-0.25, -0.2) is 21.2 Å². The number of rotatable bonds is 10. The molecular formula is C22H24FN3O6S2. The fourth-order valence-corrected chi connectivity index (χ4v) is 5.35. The van der Waals surface area contributed by atoms with E-state index in [0.717, 1.165) is 17.7 Å². The van der Waals surface area contributed by atoms with Gasteiger partial charge in [0.1, 0.15) is 5.82 Å². The standard InChI is InChI=1S/C22H24FN3O6S2/c1-15(2)34(30,31)19-9-5-16(6-10-19)14-21-25-26-22(32-21)24-20(27)4-3-13-33(28,29)18-11-7-17(23)8-12-18/h5-12,15H,3-4,13-14H2,1-2H3,(H,24,26,27). The van der Waals surface area contributed by atoms with E-state index in [9.17, 15) is 26.0 Å². The Morgan fingerprint density at radius 1 is 0.971 bits per heavy atom. The van der Waals surface area contributed by atoms with Crippen LogP contribution in [0.3, 0.4) is 0 Å². The first-order chi connectivity index (χ1) is 16.0. The summed E-state index contributed by atoms with van der Waals surface area (Å²) in [6.07, 6.45) is 0.197. The molecule has 0 aliphatic heterocycles. The van der Waals surface area contributed by atoms with Gasteiger partial charge < -0.3 is 4.42 Å². The number of nitrogens with zero attached hydrogens (tertiary/aromatic N) is 2. The minimum atomic E-state index is -3.63. The second kappa shape index (κ2) is 10.4. The van der Waals surface area contributed by atoms with Gasteiger partial charge in [-0.05, 0) is 62.2 Å². The molecule has 9 nitrogen and oxygen atoms in total. The summed E-state index contributed by atoms with van der Waals surface area (Å²) in [6, 6.07) is 10.7. The van der Waals surface area contributed by atoms with Crippen molar-refractivity contribution in [3.8, 4) is 0 Å². The zero-order chi connectivity index (χ0) is 24.9. The number of aromatic nitrogens is 2. The fourth-order valence-electron chi connectivity index (χ4n) is 2.98. The van der Waals surface area contributed by atoms with Crippen LogP contribution in [-0.4, -0.2) is 43.9 Å². The van der Waals surface area contributed by atoms with Gasteiger partial charge in [-0.15, -0.1) is 5.10 Å². The Morgan fingerprint density at radius 3 is 2.21 bits per heavy atom. The quantitative estimate of drug-likeness (QED) is 0.412. The molecule has 0 aliphatic carbocycles. The molecule has 0 spiro atoms. The Balaban J connectivity index is 1.50. The first-order valence-corrected chi connectivity index (χ1v) is 13.6. The molecule has 1 aromatic heterocycles. The summed E-state index contributed by atoms with van der Waals surface area (Å²) in [4.78, 5) is 12.3. The number of anilines is 1. The van der Waals surface area contributed by atoms with Crippen LogP contribution in [0.2, 0.25) is 0 Å². The van der Waals surface area contributed by atoms with Crippen molar-refractivity contribution in [1.29, 1.82) is 0 Å². The summed E-state index contributed by atoms with van der Waals surface area (Å²) < 4.78 is 67.2. The van der Waals surface area contributed by atoms with Gasteiger partial charge in [0.05, 0.1) is 27.2 Å². The van der Waals surface area contributed by atoms with Crippen LogP contribution < -0.4 is 5.32 Å². The molecule has 3 aromatic rings. The van der Waals surface area contributed by atoms with Crippen molar-refractivity contribution in [3.63, 3.8) is 0 Å². The Morgan fingerprint density at radius 2 is 1.59 bits per heavy atom. The van der Waals surface area contributed by atoms with Crippen molar-refractivity contribution >= 4 is 31.6 Å². The van der Waals surface area contributed by atoms with Gasteiger partial charge in [-0.1, -0.05) is 17.2 Å². The van der Waals surface area contributed by atoms with Crippen molar-refractivity contribution in [2.45, 2.75) is 48.2 Å². The van der Waals surface area contributed by atoms with Crippen molar-refractivity contribution in [2.75, 3.05) is 11.1 Å². The lowest BCUT2D eigenvalue weighted by Crippen LogP contribution is -2.14. The van der Waals surface area contributed by atoms with Crippen LogP contribution in [0.25, 0.3) is 0 Å². The van der Waals surface area contributed by atoms with E-state index in [-0.39, 0.29) is 46.7 Å². The number of amides is 1. The molecule has 1 heterocycles. The summed E-state index contributed by atoms with van der Waals surface area (Å²) in [6.45, 7) is 3.23. The van der Waals surface area contributed by atoms with Gasteiger partial charge >= 0.3 is 6.01 Å². The molecule has 0 radical (unpaired) electrons. The van der Waals surface area contributed by atoms with Crippen molar-refractivity contribution in [1.82, 2.24) is 10.2 Å². The molecule has 182 valence electrons. The summed E-state index contributed by atoms with van der Waals surface area (Å²) in [5.41, 5.74) is 0.746. The number of nitrogens with one attached hydrogen (secondary N) is 1. The largest absolute Gasteiger partial charge is 0.407 e. The van der Waals surface area contributed by atoms with Crippen LogP contribution in [0.1, 0.15) is 38.1 Å². The number of sulfone groups is 2. The molecule has 0 unspecified atom stereocenters. The van der Waals surface area contributed by atoms with Crippen molar-refractivity contribution < 1.29 is 30.4 Å². The highest BCUT2D eigenvalue weighted by atomic mass is 32.2. The van der Waals surface area contributed by atoms with Crippen LogP contribution >= 0.6 is 0 Å². The maximum absolute atomic E-state index is 13.0. The monoisotopic (exact) mass is 509 g/mol. The third-order valence-electron chi connectivity index (χ3n) is 4.93. The molecule has 0 bridgehead atoms. The van der Waals surface area contributed by atoms with Crippen LogP contribution in [0.15, 0.2) is 62.7 Å². The second-order valence-electron chi connectivity index (χ2n) is 7.84. The third-order valence-corrected chi connectivity index (χ3v) is 8.92. The minimum absolute atomic E-state index is 0.00862. The zero-order valence-corrected chi connectivity index (χ0v) is 20.2. The summed E-state index contributed by atoms with van der Waals surface area (Å²) in [5, 5.41) is 9.50. The average molecular weight is 510 g/mol. The van der Waals surface area contributed by atoms with E-state index in [1.807, 2.05) is 0 Å². The van der Waals surface area contributed by atoms with Gasteiger partial charge in [0, 0.05) is 6.42 Å². The molecule has 0 saturated heterocycles. The Hall–Kier alpha value is -3.12. The molecule has 1 N–H and O–H groups in total. The highest BCUT2D eigenvalue weighted by Gasteiger charge is 2.19. The lowest BCUT2D eigenvalue weighted by atomic mass is 10.1. The van der Waals surface area contributed by atoms with Gasteiger partial charge in [0.2, 0.25) is 11.8 Å². The second-order valence-corrected chi connectivity index (χ2v) is 12.5. The van der Waals surface area contributed by atoms with Gasteiger partial charge in [-0.3, -0.25) is 10.1 Å². The number of carbonyl (C=O) groups excluding carboxylic acids is 1. The first kappa shape index (κ1) is 25.5. The molecule has 3 rings (SSSR count). The van der Waals surface area contributed by atoms with Crippen molar-refractivity contribution in [3.05, 3.63) is 65.8 Å². The number of hydrogen-bond donors (Lipinski definition) is 1. The van der Waals surface area contributed by atoms with E-state index in [1.54, 1.807) is 26.0 Å². The maximum atomic E-state index is 13.0. The van der Waals surface area contributed by atoms with E-state index in [1.165, 1.54) is 24.3 Å². The molecule has 2 aromatic carbocycles. The van der Waals surface area contributed by atoms with Crippen LogP contribution in [0, 0.1) is 5.82 Å². The number of hydrogen-bond acceptors (Lipinski definition) is 8. The lowest BCUT2D eigenvalue weighted by molar-refractivity contribution is -0.116. The zero-order valence-electron chi connectivity index (χ0n) is 18.6. The predicted molar refractivity (Wildman–Crippen MR) is 122 cm³/mol. The number of halogens is 1. The number of benzene rings is 2. The smallest absolute Gasteiger partial charge is 0.322 e. The molecule has 1 amide bonds. The van der Waals surface area contributed by atoms with Crippen LogP contribution in [0.4, 0.5) is 10.4 Å². The van der Waals surface area contributed by atoms with E-state index in [0.29, 0.717) is 0 Å². The molecule has 12 heteroatoms. The highest BCUT2D eigenvalue weighted by Crippen LogP contribution is 2.19. The average Bonchev–Trinajstić information content (AvgIpc) is 3.20. The molecular weight excluding hydrogens is 485 g/mol. The molecule has 0 saturated carbocycles. The Kier molecular flexibility index (Phi) is 7.82. The van der Waals surface area contributed by atoms with E-state index in [2.05, 4.69) is 15.5 Å². The summed E-state index contributed by atoms with van der Waals surface area (Å²) in [7, 11) is -6.99. The Bertz CT molecular complexity index is 1350. The van der Waals surface area contributed by atoms with Gasteiger partial charge in [0.25, 0.3) is 0 Å². The SMILES string of the molecule is CC(C)S(=O)(=O)c1ccc(Cc2nnc(NC(=O)CCCS(=O)(=O)c3ccc(F)cc3)o2)cc1. The number of carbonyl (C=O) groups is 1. The summed E-state index contributed by atoms with van der Waals surface area (Å²) >= 11 is 0. The molecule has 34 heavy (non-hydrogen) atoms. The van der Waals surface area contributed by atoms with Crippen LogP contribution in [-0.2, 0) is 30.9 Å². The predicted octanol–water partition coefficient (Wildman–Crippen LogP) is 3.17. The fraction of sp³-hybridized carbons (Fsp3) is 0.318. The van der Waals surface area contributed by atoms with Gasteiger partial charge in [-0.2, -0.15) is 0 Å². The molecule has 0 fully saturated rings. The molecule has 0 atom stereocenters. The highest BCUT2D eigenvalue weighted by molar-refractivity contribution is 7.92. The van der Waals surface area contributed by atoms with Crippen LogP contribution in [0.5, 0.6) is 0 Å². The van der Waals surface area contributed by atoms with E-state index >= 15 is 0 Å². The normalized spacial score (nSPS) is 12.1. The minimum Gasteiger partial charge on any atom is -0.407 e. The Labute approximate surface area is 197 Å². The van der Waals surface area contributed by atoms with E-state index < -0.39 is 36.6 Å². The van der Waals surface area contributed by atoms with E-state index in [4.69, 9.17) is 4.42 Å². The maximum Gasteiger partial charge on any atom is 0.322 e. The topological polar surface area (TPSA) is 136 Å².